The number of likely N-dealkylation sites (tertiary alicyclic amines) is 1. The van der Waals surface area contributed by atoms with Crippen LogP contribution in [0.1, 0.15) is 76.1 Å². The van der Waals surface area contributed by atoms with E-state index in [4.69, 9.17) is 28.0 Å². The number of benzene rings is 3. The summed E-state index contributed by atoms with van der Waals surface area (Å²) in [6.07, 6.45) is -0.220. The van der Waals surface area contributed by atoms with Crippen LogP contribution in [0, 0.1) is 23.0 Å². The first-order valence-corrected chi connectivity index (χ1v) is 19.6. The summed E-state index contributed by atoms with van der Waals surface area (Å²) in [6, 6.07) is 19.4. The van der Waals surface area contributed by atoms with Crippen LogP contribution in [0.2, 0.25) is 10.0 Å². The first kappa shape index (κ1) is 36.9. The molecule has 1 saturated heterocycles. The number of hydrogen-bond donors (Lipinski definition) is 2. The van der Waals surface area contributed by atoms with Crippen LogP contribution < -0.4 is 4.72 Å². The Bertz CT molecular complexity index is 1830. The number of nitrogens with zero attached hydrogens (tertiary/aromatic N) is 1. The van der Waals surface area contributed by atoms with Crippen molar-refractivity contribution in [1.82, 2.24) is 9.62 Å². The van der Waals surface area contributed by atoms with E-state index in [0.717, 1.165) is 16.7 Å². The van der Waals surface area contributed by atoms with Gasteiger partial charge in [0, 0.05) is 43.4 Å². The molecule has 1 aliphatic rings. The highest BCUT2D eigenvalue weighted by atomic mass is 35.5. The fourth-order valence-corrected chi connectivity index (χ4v) is 9.01. The number of nitrogens with one attached hydrogen (secondary N) is 2. The van der Waals surface area contributed by atoms with Crippen LogP contribution in [0.3, 0.4) is 0 Å². The second kappa shape index (κ2) is 14.3. The molecule has 2 amide bonds. The van der Waals surface area contributed by atoms with E-state index >= 15 is 0 Å². The number of halogens is 2. The molecule has 0 saturated carbocycles. The second-order valence-electron chi connectivity index (χ2n) is 13.4. The average molecular weight is 721 g/mol. The third kappa shape index (κ3) is 8.39. The van der Waals surface area contributed by atoms with Crippen molar-refractivity contribution in [1.29, 1.82) is 4.78 Å². The van der Waals surface area contributed by atoms with E-state index in [1.807, 2.05) is 51.1 Å². The van der Waals surface area contributed by atoms with Crippen LogP contribution in [0.25, 0.3) is 0 Å². The van der Waals surface area contributed by atoms with Gasteiger partial charge in [-0.15, -0.1) is 0 Å². The Kier molecular flexibility index (Phi) is 11.2. The van der Waals surface area contributed by atoms with Gasteiger partial charge in [-0.25, -0.2) is 17.3 Å². The van der Waals surface area contributed by atoms with E-state index in [9.17, 15) is 22.2 Å². The Morgan fingerprint density at radius 1 is 0.957 bits per heavy atom. The normalized spacial score (nSPS) is 22.3. The Hall–Kier alpha value is -2.92. The first-order valence-electron chi connectivity index (χ1n) is 15.6. The zero-order valence-electron chi connectivity index (χ0n) is 27.5. The van der Waals surface area contributed by atoms with Gasteiger partial charge >= 0.3 is 0 Å². The predicted molar refractivity (Wildman–Crippen MR) is 189 cm³/mol. The van der Waals surface area contributed by atoms with Gasteiger partial charge in [-0.3, -0.25) is 14.4 Å². The topological polar surface area (TPSA) is 124 Å². The molecule has 12 heteroatoms. The van der Waals surface area contributed by atoms with Crippen molar-refractivity contribution in [3.63, 3.8) is 0 Å². The summed E-state index contributed by atoms with van der Waals surface area (Å²) in [5, 5.41) is 0.566. The summed E-state index contributed by atoms with van der Waals surface area (Å²) in [5.74, 6) is -1.87. The van der Waals surface area contributed by atoms with Crippen molar-refractivity contribution >= 4 is 54.8 Å². The minimum atomic E-state index is -4.19. The molecule has 4 rings (SSSR count). The fraction of sp³-hybridized carbons (Fsp3) is 0.429. The number of carbonyl (C=O) groups excluding carboxylic acids is 2. The second-order valence-corrected chi connectivity index (χ2v) is 18.7. The van der Waals surface area contributed by atoms with Crippen LogP contribution >= 0.6 is 23.2 Å². The molecule has 1 unspecified atom stereocenters. The van der Waals surface area contributed by atoms with E-state index in [2.05, 4.69) is 4.72 Å². The molecular formula is C35H43Cl2N3O5S2. The Morgan fingerprint density at radius 2 is 1.57 bits per heavy atom. The summed E-state index contributed by atoms with van der Waals surface area (Å²) in [7, 11) is -7.32. The van der Waals surface area contributed by atoms with Gasteiger partial charge < -0.3 is 4.90 Å². The molecule has 0 aliphatic carbocycles. The molecule has 3 aromatic rings. The maximum atomic E-state index is 14.9. The Morgan fingerprint density at radius 3 is 2.13 bits per heavy atom. The lowest BCUT2D eigenvalue weighted by atomic mass is 9.66. The molecule has 3 aromatic carbocycles. The number of hydrogen-bond acceptors (Lipinski definition) is 6. The molecule has 8 nitrogen and oxygen atoms in total. The highest BCUT2D eigenvalue weighted by molar-refractivity contribution is 7.93. The van der Waals surface area contributed by atoms with Crippen molar-refractivity contribution in [3.05, 3.63) is 99.5 Å². The summed E-state index contributed by atoms with van der Waals surface area (Å²) >= 11 is 12.8. The number of piperidine rings is 1. The van der Waals surface area contributed by atoms with E-state index in [0.29, 0.717) is 10.0 Å². The molecule has 0 bridgehead atoms. The van der Waals surface area contributed by atoms with Gasteiger partial charge in [-0.05, 0) is 66.8 Å². The molecule has 47 heavy (non-hydrogen) atoms. The fourth-order valence-electron chi connectivity index (χ4n) is 6.27. The lowest BCUT2D eigenvalue weighted by molar-refractivity contribution is -0.157. The van der Waals surface area contributed by atoms with Crippen molar-refractivity contribution in [3.8, 4) is 0 Å². The third-order valence-corrected chi connectivity index (χ3v) is 13.3. The van der Waals surface area contributed by atoms with Gasteiger partial charge in [0.15, 0.2) is 0 Å². The van der Waals surface area contributed by atoms with Gasteiger partial charge in [-0.2, -0.15) is 0 Å². The quantitative estimate of drug-likeness (QED) is 0.210. The number of amides is 2. The zero-order valence-corrected chi connectivity index (χ0v) is 30.6. The van der Waals surface area contributed by atoms with Crippen molar-refractivity contribution < 1.29 is 22.2 Å². The Balaban J connectivity index is 1.86. The molecule has 0 spiro atoms. The third-order valence-electron chi connectivity index (χ3n) is 9.03. The van der Waals surface area contributed by atoms with E-state index in [1.165, 1.54) is 12.1 Å². The molecule has 1 heterocycles. The minimum absolute atomic E-state index is 0.0587. The van der Waals surface area contributed by atoms with Crippen LogP contribution in [0.5, 0.6) is 0 Å². The van der Waals surface area contributed by atoms with Gasteiger partial charge in [-0.1, -0.05) is 99.8 Å². The lowest BCUT2D eigenvalue weighted by Crippen LogP contribution is -2.59. The summed E-state index contributed by atoms with van der Waals surface area (Å²) < 4.78 is 50.9. The molecular weight excluding hydrogens is 677 g/mol. The predicted octanol–water partition coefficient (Wildman–Crippen LogP) is 7.74. The molecule has 0 aromatic heterocycles. The van der Waals surface area contributed by atoms with Crippen LogP contribution in [0.15, 0.2) is 77.7 Å². The summed E-state index contributed by atoms with van der Waals surface area (Å²) in [5.41, 5.74) is 1.11. The van der Waals surface area contributed by atoms with Gasteiger partial charge in [0.05, 0.1) is 22.1 Å². The highest BCUT2D eigenvalue weighted by Crippen LogP contribution is 2.52. The zero-order chi connectivity index (χ0) is 34.9. The van der Waals surface area contributed by atoms with E-state index in [-0.39, 0.29) is 28.9 Å². The SMILES string of the molecule is Cc1ccc(S(=O)(=O)NC(=O)C[C@@]2(C)C[C@H](c3cccc(Cl)c3)[C@@H](c3ccc(Cl)cc3)N([C@H](CS(=N)(=O)C(C)C)C(C)C)C2=O)cc1. The maximum absolute atomic E-state index is 14.9. The highest BCUT2D eigenvalue weighted by Gasteiger charge is 2.53. The van der Waals surface area contributed by atoms with Crippen LogP contribution in [-0.4, -0.2) is 46.4 Å². The molecule has 1 aliphatic heterocycles. The number of aryl methyl sites for hydroxylation is 1. The molecule has 5 atom stereocenters. The average Bonchev–Trinajstić information content (AvgIpc) is 2.97. The van der Waals surface area contributed by atoms with Crippen molar-refractivity contribution in [2.45, 2.75) is 82.5 Å². The van der Waals surface area contributed by atoms with Gasteiger partial charge in [0.2, 0.25) is 11.8 Å². The van der Waals surface area contributed by atoms with Gasteiger partial charge in [0.25, 0.3) is 10.0 Å². The monoisotopic (exact) mass is 719 g/mol. The van der Waals surface area contributed by atoms with Gasteiger partial charge in [0.1, 0.15) is 0 Å². The summed E-state index contributed by atoms with van der Waals surface area (Å²) in [6.45, 7) is 10.8. The van der Waals surface area contributed by atoms with Crippen molar-refractivity contribution in [2.24, 2.45) is 11.3 Å². The van der Waals surface area contributed by atoms with E-state index < -0.39 is 60.7 Å². The minimum Gasteiger partial charge on any atom is -0.330 e. The smallest absolute Gasteiger partial charge is 0.264 e. The Labute approximate surface area is 289 Å². The molecule has 254 valence electrons. The molecule has 2 N–H and O–H groups in total. The summed E-state index contributed by atoms with van der Waals surface area (Å²) in [4.78, 5) is 30.2. The van der Waals surface area contributed by atoms with Crippen molar-refractivity contribution in [2.75, 3.05) is 5.75 Å². The number of carbonyl (C=O) groups is 2. The number of sulfonamides is 1. The number of rotatable bonds is 11. The first-order chi connectivity index (χ1) is 21.8. The van der Waals surface area contributed by atoms with Crippen LogP contribution in [0.4, 0.5) is 0 Å². The van der Waals surface area contributed by atoms with Crippen LogP contribution in [-0.2, 0) is 29.3 Å². The lowest BCUT2D eigenvalue weighted by Gasteiger charge is -2.53. The standard InChI is InChI=1S/C35H43Cl2N3O5S2/c1-22(2)31(21-46(38,43)23(3)4)40-33(25-12-14-27(36)15-13-25)30(26-8-7-9-28(37)18-26)19-35(6,34(40)42)20-32(41)39-47(44,45)29-16-10-24(5)11-17-29/h7-18,22-23,30-31,33,38H,19-21H2,1-6H3,(H,39,41)/t30-,31-,33-,35-,46?/m1/s1. The molecule has 1 fully saturated rings. The van der Waals surface area contributed by atoms with E-state index in [1.54, 1.807) is 56.0 Å². The molecule has 0 radical (unpaired) electrons. The maximum Gasteiger partial charge on any atom is 0.264 e. The largest absolute Gasteiger partial charge is 0.330 e.